The Morgan fingerprint density at radius 3 is 2.71 bits per heavy atom. The lowest BCUT2D eigenvalue weighted by Gasteiger charge is -2.40. The molecule has 5 heteroatoms. The topological polar surface area (TPSA) is 59.2 Å². The third-order valence-corrected chi connectivity index (χ3v) is 4.15. The number of benzene rings is 1. The highest BCUT2D eigenvalue weighted by molar-refractivity contribution is 5.77. The van der Waals surface area contributed by atoms with Crippen molar-refractivity contribution in [3.63, 3.8) is 0 Å². The molecule has 5 nitrogen and oxygen atoms in total. The summed E-state index contributed by atoms with van der Waals surface area (Å²) in [5.74, 6) is 1.18. The summed E-state index contributed by atoms with van der Waals surface area (Å²) in [5, 5.41) is 7.80. The highest BCUT2D eigenvalue weighted by Crippen LogP contribution is 2.34. The van der Waals surface area contributed by atoms with Crippen LogP contribution in [-0.4, -0.2) is 27.5 Å². The van der Waals surface area contributed by atoms with E-state index in [1.165, 1.54) is 5.56 Å². The van der Waals surface area contributed by atoms with Gasteiger partial charge in [-0.1, -0.05) is 37.3 Å². The van der Waals surface area contributed by atoms with Crippen molar-refractivity contribution in [2.45, 2.75) is 38.6 Å². The minimum Gasteiger partial charge on any atom is -0.424 e. The van der Waals surface area contributed by atoms with E-state index in [1.807, 2.05) is 23.1 Å². The highest BCUT2D eigenvalue weighted by Gasteiger charge is 2.36. The fourth-order valence-electron chi connectivity index (χ4n) is 2.91. The lowest BCUT2D eigenvalue weighted by molar-refractivity contribution is -0.136. The Labute approximate surface area is 124 Å². The molecule has 1 aliphatic heterocycles. The molecular weight excluding hydrogens is 266 g/mol. The van der Waals surface area contributed by atoms with Gasteiger partial charge in [0.25, 0.3) is 0 Å². The van der Waals surface area contributed by atoms with Crippen molar-refractivity contribution in [3.8, 4) is 0 Å². The molecule has 110 valence electrons. The van der Waals surface area contributed by atoms with Crippen LogP contribution in [0.4, 0.5) is 0 Å². The SMILES string of the molecule is Cc1nnc(CN2CC(C)(c3ccccc3)CCC2=O)o1. The number of carbonyl (C=O) groups is 1. The number of rotatable bonds is 3. The van der Waals surface area contributed by atoms with Crippen LogP contribution in [0, 0.1) is 6.92 Å². The zero-order valence-electron chi connectivity index (χ0n) is 12.4. The van der Waals surface area contributed by atoms with E-state index in [1.54, 1.807) is 6.92 Å². The Bertz CT molecular complexity index is 638. The fourth-order valence-corrected chi connectivity index (χ4v) is 2.91. The molecular formula is C16H19N3O2. The van der Waals surface area contributed by atoms with Gasteiger partial charge in [0.2, 0.25) is 17.7 Å². The number of nitrogens with zero attached hydrogens (tertiary/aromatic N) is 3. The van der Waals surface area contributed by atoms with Crippen LogP contribution in [0.3, 0.4) is 0 Å². The molecule has 1 fully saturated rings. The molecule has 2 aromatic rings. The van der Waals surface area contributed by atoms with Gasteiger partial charge < -0.3 is 9.32 Å². The smallest absolute Gasteiger partial charge is 0.235 e. The summed E-state index contributed by atoms with van der Waals surface area (Å²) in [4.78, 5) is 14.0. The summed E-state index contributed by atoms with van der Waals surface area (Å²) in [6.45, 7) is 5.03. The van der Waals surface area contributed by atoms with Crippen molar-refractivity contribution in [3.05, 3.63) is 47.7 Å². The Morgan fingerprint density at radius 2 is 2.05 bits per heavy atom. The molecule has 1 amide bonds. The summed E-state index contributed by atoms with van der Waals surface area (Å²) < 4.78 is 5.39. The number of aryl methyl sites for hydroxylation is 1. The molecule has 1 atom stereocenters. The van der Waals surface area contributed by atoms with Gasteiger partial charge in [-0.15, -0.1) is 10.2 Å². The zero-order valence-corrected chi connectivity index (χ0v) is 12.4. The van der Waals surface area contributed by atoms with Gasteiger partial charge in [0.1, 0.15) is 0 Å². The molecule has 1 unspecified atom stereocenters. The Kier molecular flexibility index (Phi) is 3.49. The van der Waals surface area contributed by atoms with E-state index in [-0.39, 0.29) is 11.3 Å². The third kappa shape index (κ3) is 2.82. The molecule has 0 N–H and O–H groups in total. The molecule has 0 radical (unpaired) electrons. The van der Waals surface area contributed by atoms with E-state index in [2.05, 4.69) is 29.3 Å². The van der Waals surface area contributed by atoms with E-state index in [4.69, 9.17) is 4.42 Å². The van der Waals surface area contributed by atoms with Crippen LogP contribution in [0.25, 0.3) is 0 Å². The lowest BCUT2D eigenvalue weighted by atomic mass is 9.76. The van der Waals surface area contributed by atoms with E-state index >= 15 is 0 Å². The molecule has 1 aliphatic rings. The molecule has 0 saturated carbocycles. The number of hydrogen-bond acceptors (Lipinski definition) is 4. The second-order valence-electron chi connectivity index (χ2n) is 5.89. The van der Waals surface area contributed by atoms with Crippen molar-refractivity contribution >= 4 is 5.91 Å². The summed E-state index contributed by atoms with van der Waals surface area (Å²) in [6, 6.07) is 10.4. The van der Waals surface area contributed by atoms with Crippen molar-refractivity contribution in [1.29, 1.82) is 0 Å². The van der Waals surface area contributed by atoms with Gasteiger partial charge in [0.05, 0.1) is 6.54 Å². The first kappa shape index (κ1) is 13.8. The maximum atomic E-state index is 12.2. The highest BCUT2D eigenvalue weighted by atomic mass is 16.4. The minimum atomic E-state index is -0.0236. The van der Waals surface area contributed by atoms with Crippen LogP contribution < -0.4 is 0 Å². The summed E-state index contributed by atoms with van der Waals surface area (Å²) >= 11 is 0. The second-order valence-corrected chi connectivity index (χ2v) is 5.89. The van der Waals surface area contributed by atoms with Gasteiger partial charge >= 0.3 is 0 Å². The second kappa shape index (κ2) is 5.31. The average molecular weight is 285 g/mol. The number of amides is 1. The molecule has 0 aliphatic carbocycles. The van der Waals surface area contributed by atoms with Gasteiger partial charge in [-0.05, 0) is 12.0 Å². The van der Waals surface area contributed by atoms with E-state index in [9.17, 15) is 4.79 Å². The summed E-state index contributed by atoms with van der Waals surface area (Å²) in [5.41, 5.74) is 1.24. The molecule has 1 aromatic heterocycles. The minimum absolute atomic E-state index is 0.0236. The van der Waals surface area contributed by atoms with Crippen LogP contribution in [0.1, 0.15) is 37.1 Å². The fraction of sp³-hybridized carbons (Fsp3) is 0.438. The first-order chi connectivity index (χ1) is 10.1. The zero-order chi connectivity index (χ0) is 14.9. The standard InChI is InChI=1S/C16H19N3O2/c1-12-17-18-14(21-12)10-19-11-16(2,9-8-15(19)20)13-6-4-3-5-7-13/h3-7H,8-11H2,1-2H3. The van der Waals surface area contributed by atoms with Crippen LogP contribution in [0.5, 0.6) is 0 Å². The molecule has 0 spiro atoms. The molecule has 1 aromatic carbocycles. The van der Waals surface area contributed by atoms with Crippen molar-refractivity contribution < 1.29 is 9.21 Å². The molecule has 0 bridgehead atoms. The lowest BCUT2D eigenvalue weighted by Crippen LogP contribution is -2.47. The van der Waals surface area contributed by atoms with Crippen LogP contribution in [0.2, 0.25) is 0 Å². The average Bonchev–Trinajstić information content (AvgIpc) is 2.89. The van der Waals surface area contributed by atoms with Crippen LogP contribution >= 0.6 is 0 Å². The third-order valence-electron chi connectivity index (χ3n) is 4.15. The van der Waals surface area contributed by atoms with Crippen LogP contribution in [0.15, 0.2) is 34.7 Å². The Hall–Kier alpha value is -2.17. The maximum Gasteiger partial charge on any atom is 0.235 e. The summed E-state index contributed by atoms with van der Waals surface area (Å²) in [6.07, 6.45) is 1.42. The van der Waals surface area contributed by atoms with Gasteiger partial charge in [-0.3, -0.25) is 4.79 Å². The number of likely N-dealkylation sites (tertiary alicyclic amines) is 1. The molecule has 2 heterocycles. The predicted molar refractivity (Wildman–Crippen MR) is 77.5 cm³/mol. The first-order valence-electron chi connectivity index (χ1n) is 7.19. The summed E-state index contributed by atoms with van der Waals surface area (Å²) in [7, 11) is 0. The van der Waals surface area contributed by atoms with Crippen molar-refractivity contribution in [2.24, 2.45) is 0 Å². The number of carbonyl (C=O) groups excluding carboxylic acids is 1. The number of aromatic nitrogens is 2. The predicted octanol–water partition coefficient (Wildman–Crippen LogP) is 2.46. The Morgan fingerprint density at radius 1 is 1.29 bits per heavy atom. The normalized spacial score (nSPS) is 22.6. The van der Waals surface area contributed by atoms with E-state index in [0.717, 1.165) is 6.42 Å². The molecule has 3 rings (SSSR count). The molecule has 1 saturated heterocycles. The van der Waals surface area contributed by atoms with Gasteiger partial charge in [0, 0.05) is 25.3 Å². The quantitative estimate of drug-likeness (QED) is 0.869. The molecule has 21 heavy (non-hydrogen) atoms. The van der Waals surface area contributed by atoms with Crippen molar-refractivity contribution in [1.82, 2.24) is 15.1 Å². The van der Waals surface area contributed by atoms with Crippen LogP contribution in [-0.2, 0) is 16.8 Å². The maximum absolute atomic E-state index is 12.2. The van der Waals surface area contributed by atoms with E-state index < -0.39 is 0 Å². The first-order valence-corrected chi connectivity index (χ1v) is 7.19. The van der Waals surface area contributed by atoms with Gasteiger partial charge in [-0.25, -0.2) is 0 Å². The van der Waals surface area contributed by atoms with Gasteiger partial charge in [-0.2, -0.15) is 0 Å². The van der Waals surface area contributed by atoms with Crippen molar-refractivity contribution in [2.75, 3.05) is 6.54 Å². The number of hydrogen-bond donors (Lipinski definition) is 0. The monoisotopic (exact) mass is 285 g/mol. The van der Waals surface area contributed by atoms with E-state index in [0.29, 0.717) is 31.3 Å². The number of piperidine rings is 1. The van der Waals surface area contributed by atoms with Gasteiger partial charge in [0.15, 0.2) is 0 Å². The largest absolute Gasteiger partial charge is 0.424 e. The Balaban J connectivity index is 1.80.